The van der Waals surface area contributed by atoms with Crippen molar-refractivity contribution in [3.8, 4) is 17.0 Å². The molecule has 1 saturated heterocycles. The number of rotatable bonds is 9. The minimum atomic E-state index is -3.07. The van der Waals surface area contributed by atoms with Gasteiger partial charge >= 0.3 is 6.61 Å². The van der Waals surface area contributed by atoms with Crippen LogP contribution in [0.3, 0.4) is 0 Å². The molecule has 1 N–H and O–H groups in total. The lowest BCUT2D eigenvalue weighted by molar-refractivity contribution is -0.0494. The number of carbonyl (C=O) groups excluding carboxylic acids is 1. The zero-order valence-corrected chi connectivity index (χ0v) is 29.9. The van der Waals surface area contributed by atoms with Crippen LogP contribution in [-0.4, -0.2) is 62.0 Å². The molecule has 11 nitrogen and oxygen atoms in total. The van der Waals surface area contributed by atoms with E-state index in [4.69, 9.17) is 26.2 Å². The Balaban J connectivity index is 1.08. The van der Waals surface area contributed by atoms with Gasteiger partial charge in [-0.1, -0.05) is 43.7 Å². The minimum Gasteiger partial charge on any atom is -0.434 e. The van der Waals surface area contributed by atoms with Gasteiger partial charge in [0.15, 0.2) is 5.65 Å². The van der Waals surface area contributed by atoms with E-state index in [1.165, 1.54) is 86.7 Å². The van der Waals surface area contributed by atoms with Crippen molar-refractivity contribution in [2.24, 2.45) is 33.9 Å². The molecule has 276 valence electrons. The van der Waals surface area contributed by atoms with Gasteiger partial charge in [-0.15, -0.1) is 0 Å². The second-order valence-electron chi connectivity index (χ2n) is 14.2. The van der Waals surface area contributed by atoms with Crippen molar-refractivity contribution >= 4 is 40.8 Å². The molecule has 4 aromatic rings. The molecule has 3 atom stereocenters. The Hall–Kier alpha value is -4.23. The molecule has 3 aliphatic rings. The smallest absolute Gasteiger partial charge is 0.387 e. The maximum Gasteiger partial charge on any atom is 0.387 e. The van der Waals surface area contributed by atoms with E-state index in [1.54, 1.807) is 29.3 Å². The lowest BCUT2D eigenvalue weighted by Crippen LogP contribution is -2.23. The van der Waals surface area contributed by atoms with Crippen LogP contribution in [0.15, 0.2) is 59.3 Å². The summed E-state index contributed by atoms with van der Waals surface area (Å²) in [5.41, 5.74) is 2.13. The first-order chi connectivity index (χ1) is 25.4. The van der Waals surface area contributed by atoms with Gasteiger partial charge in [-0.3, -0.25) is 9.48 Å². The summed E-state index contributed by atoms with van der Waals surface area (Å²) in [7, 11) is 0. The van der Waals surface area contributed by atoms with Gasteiger partial charge in [0.05, 0.1) is 24.1 Å². The zero-order chi connectivity index (χ0) is 35.9. The van der Waals surface area contributed by atoms with Gasteiger partial charge in [0.1, 0.15) is 17.0 Å². The average Bonchev–Trinajstić information content (AvgIpc) is 3.77. The molecule has 0 radical (unpaired) electrons. The van der Waals surface area contributed by atoms with E-state index < -0.39 is 12.5 Å². The van der Waals surface area contributed by atoms with Gasteiger partial charge in [-0.25, -0.2) is 9.50 Å². The molecule has 1 saturated carbocycles. The van der Waals surface area contributed by atoms with Gasteiger partial charge in [0.2, 0.25) is 0 Å². The van der Waals surface area contributed by atoms with Crippen LogP contribution < -0.4 is 10.1 Å². The third kappa shape index (κ3) is 8.86. The monoisotopic (exact) mass is 734 g/mol. The van der Waals surface area contributed by atoms with Crippen LogP contribution in [0.25, 0.3) is 16.9 Å². The maximum absolute atomic E-state index is 13.5. The summed E-state index contributed by atoms with van der Waals surface area (Å²) in [5.74, 6) is 2.08. The van der Waals surface area contributed by atoms with E-state index in [0.29, 0.717) is 29.1 Å². The van der Waals surface area contributed by atoms with Gasteiger partial charge in [0.25, 0.3) is 5.91 Å². The molecule has 1 amide bonds. The Kier molecular flexibility index (Phi) is 11.9. The quantitative estimate of drug-likeness (QED) is 0.184. The van der Waals surface area contributed by atoms with Crippen LogP contribution in [-0.2, 0) is 11.3 Å². The highest BCUT2D eigenvalue weighted by Gasteiger charge is 2.28. The van der Waals surface area contributed by atoms with Crippen molar-refractivity contribution in [3.63, 3.8) is 0 Å². The van der Waals surface area contributed by atoms with Crippen LogP contribution in [0.5, 0.6) is 5.75 Å². The van der Waals surface area contributed by atoms with Crippen molar-refractivity contribution in [3.05, 3.63) is 59.6 Å². The number of fused-ring (bicyclic) bond motifs is 1. The second-order valence-corrected chi connectivity index (χ2v) is 14.6. The van der Waals surface area contributed by atoms with E-state index in [-0.39, 0.29) is 28.3 Å². The molecular formula is C38H45ClF2N8O3. The molecule has 2 fully saturated rings. The lowest BCUT2D eigenvalue weighted by atomic mass is 9.79. The Morgan fingerprint density at radius 2 is 1.81 bits per heavy atom. The standard InChI is InChI=1S/C38H45ClF2N8O3/c39-29-12-13-34(52-38(40)41)31(20-29)35-33(45-37(50)32-22-44-49-17-5-16-42-36(32)49)24-48(47-35)23-30-11-4-10-28(21-43-46-30)26-7-2-1-6-25(8-3-9-26)27-14-18-51-19-15-27/h5,12-13,16-17,20-22,24-28,38H,1-4,6-11,14-15,18-19,23H2,(H,45,50)/b43-21-,46-30-. The highest BCUT2D eigenvalue weighted by atomic mass is 35.5. The van der Waals surface area contributed by atoms with Gasteiger partial charge in [-0.05, 0) is 92.9 Å². The first kappa shape index (κ1) is 36.1. The van der Waals surface area contributed by atoms with Crippen LogP contribution in [0.1, 0.15) is 87.4 Å². The third-order valence-electron chi connectivity index (χ3n) is 10.8. The normalized spacial score (nSPS) is 23.8. The fraction of sp³-hybridized carbons (Fsp3) is 0.526. The number of nitrogens with one attached hydrogen (secondary N) is 1. The second kappa shape index (κ2) is 17.1. The molecule has 1 aromatic carbocycles. The summed E-state index contributed by atoms with van der Waals surface area (Å²) >= 11 is 6.31. The van der Waals surface area contributed by atoms with Crippen molar-refractivity contribution in [2.75, 3.05) is 18.5 Å². The summed E-state index contributed by atoms with van der Waals surface area (Å²) in [4.78, 5) is 17.8. The lowest BCUT2D eigenvalue weighted by Gasteiger charge is -2.30. The molecule has 7 rings (SSSR count). The number of carbonyl (C=O) groups is 1. The van der Waals surface area contributed by atoms with Crippen LogP contribution in [0, 0.1) is 23.7 Å². The van der Waals surface area contributed by atoms with Crippen molar-refractivity contribution < 1.29 is 23.0 Å². The van der Waals surface area contributed by atoms with Crippen molar-refractivity contribution in [2.45, 2.75) is 90.2 Å². The molecule has 0 spiro atoms. The Bertz CT molecular complexity index is 1890. The Morgan fingerprint density at radius 1 is 1.02 bits per heavy atom. The van der Waals surface area contributed by atoms with Crippen molar-refractivity contribution in [1.82, 2.24) is 24.4 Å². The number of hydrogen-bond acceptors (Lipinski definition) is 8. The van der Waals surface area contributed by atoms with Crippen molar-refractivity contribution in [1.29, 1.82) is 0 Å². The number of amides is 1. The van der Waals surface area contributed by atoms with Crippen LogP contribution in [0.4, 0.5) is 14.5 Å². The van der Waals surface area contributed by atoms with E-state index >= 15 is 0 Å². The number of hydrogen-bond donors (Lipinski definition) is 1. The summed E-state index contributed by atoms with van der Waals surface area (Å²) in [6.45, 7) is -0.931. The third-order valence-corrected chi connectivity index (χ3v) is 11.1. The molecule has 1 aliphatic carbocycles. The predicted octanol–water partition coefficient (Wildman–Crippen LogP) is 8.73. The summed E-state index contributed by atoms with van der Waals surface area (Å²) in [6, 6.07) is 6.01. The van der Waals surface area contributed by atoms with Gasteiger partial charge in [-0.2, -0.15) is 29.2 Å². The topological polar surface area (TPSA) is 120 Å². The van der Waals surface area contributed by atoms with E-state index in [2.05, 4.69) is 31.8 Å². The maximum atomic E-state index is 13.5. The minimum absolute atomic E-state index is 0.124. The SMILES string of the molecule is O=C(Nc1cn(C/C2=N\N=C/C(C3CCCCC(C4CCOCC4)CCC3)CCC2)nc1-c1cc(Cl)ccc1OC(F)F)c1cnn2cccnc12. The van der Waals surface area contributed by atoms with E-state index in [1.807, 2.05) is 0 Å². The van der Waals surface area contributed by atoms with Crippen LogP contribution >= 0.6 is 11.6 Å². The number of aromatic nitrogens is 5. The van der Waals surface area contributed by atoms with Gasteiger partial charge in [0, 0.05) is 48.6 Å². The Morgan fingerprint density at radius 3 is 2.65 bits per heavy atom. The zero-order valence-electron chi connectivity index (χ0n) is 29.2. The molecule has 3 aromatic heterocycles. The van der Waals surface area contributed by atoms with Crippen LogP contribution in [0.2, 0.25) is 5.02 Å². The first-order valence-corrected chi connectivity index (χ1v) is 18.9. The largest absolute Gasteiger partial charge is 0.434 e. The summed E-state index contributed by atoms with van der Waals surface area (Å²) in [6.07, 6.45) is 22.6. The number of halogens is 3. The summed E-state index contributed by atoms with van der Waals surface area (Å²) in [5, 5.41) is 21.3. The van der Waals surface area contributed by atoms with E-state index in [0.717, 1.165) is 50.0 Å². The fourth-order valence-electron chi connectivity index (χ4n) is 8.21. The Labute approximate surface area is 306 Å². The summed E-state index contributed by atoms with van der Waals surface area (Å²) < 4.78 is 40.5. The number of anilines is 1. The number of benzene rings is 1. The molecule has 14 heteroatoms. The molecule has 2 aliphatic heterocycles. The molecule has 3 unspecified atom stereocenters. The fourth-order valence-corrected chi connectivity index (χ4v) is 8.38. The van der Waals surface area contributed by atoms with E-state index in [9.17, 15) is 13.6 Å². The molecule has 5 heterocycles. The highest BCUT2D eigenvalue weighted by molar-refractivity contribution is 6.31. The average molecular weight is 735 g/mol. The highest BCUT2D eigenvalue weighted by Crippen LogP contribution is 2.39. The number of nitrogens with zero attached hydrogens (tertiary/aromatic N) is 7. The number of alkyl halides is 2. The number of ether oxygens (including phenoxy) is 2. The molecular weight excluding hydrogens is 690 g/mol. The first-order valence-electron chi connectivity index (χ1n) is 18.5. The molecule has 0 bridgehead atoms. The molecule has 52 heavy (non-hydrogen) atoms. The van der Waals surface area contributed by atoms with Gasteiger partial charge < -0.3 is 14.8 Å². The predicted molar refractivity (Wildman–Crippen MR) is 196 cm³/mol.